The molecule has 2 unspecified atom stereocenters. The molecule has 2 atom stereocenters. The van der Waals surface area contributed by atoms with Gasteiger partial charge in [-0.1, -0.05) is 42.5 Å². The van der Waals surface area contributed by atoms with E-state index < -0.39 is 5.92 Å². The average Bonchev–Trinajstić information content (AvgIpc) is 2.68. The van der Waals surface area contributed by atoms with Gasteiger partial charge in [-0.25, -0.2) is 0 Å². The average molecular weight is 350 g/mol. The lowest BCUT2D eigenvalue weighted by molar-refractivity contribution is -0.124. The summed E-state index contributed by atoms with van der Waals surface area (Å²) in [6.07, 6.45) is 0.818. The summed E-state index contributed by atoms with van der Waals surface area (Å²) >= 11 is 0. The quantitative estimate of drug-likeness (QED) is 0.861. The Balaban J connectivity index is 1.81. The van der Waals surface area contributed by atoms with E-state index in [1.54, 1.807) is 7.11 Å². The number of methoxy groups -OCH3 is 1. The standard InChI is InChI=1S/C21H22N2O3/c1-26-13-11-22-20(24)18-16-8-4-5-9-17(16)21(25)23-12-10-14-6-2-3-7-15(14)19(18)23/h2-9,18-19H,10-13H2,1H3,(H,22,24). The maximum atomic E-state index is 13.1. The van der Waals surface area contributed by atoms with E-state index in [1.807, 2.05) is 47.4 Å². The largest absolute Gasteiger partial charge is 0.383 e. The minimum Gasteiger partial charge on any atom is -0.383 e. The van der Waals surface area contributed by atoms with E-state index >= 15 is 0 Å². The van der Waals surface area contributed by atoms with Crippen molar-refractivity contribution in [3.05, 3.63) is 70.8 Å². The predicted octanol–water partition coefficient (Wildman–Crippen LogP) is 2.29. The van der Waals surface area contributed by atoms with Crippen molar-refractivity contribution in [2.75, 3.05) is 26.8 Å². The predicted molar refractivity (Wildman–Crippen MR) is 98.0 cm³/mol. The molecule has 1 N–H and O–H groups in total. The van der Waals surface area contributed by atoms with Crippen molar-refractivity contribution in [3.8, 4) is 0 Å². The normalized spacial score (nSPS) is 20.8. The van der Waals surface area contributed by atoms with E-state index in [4.69, 9.17) is 4.74 Å². The number of nitrogens with one attached hydrogen (secondary N) is 1. The van der Waals surface area contributed by atoms with E-state index in [2.05, 4.69) is 11.4 Å². The lowest BCUT2D eigenvalue weighted by Gasteiger charge is -2.45. The Bertz CT molecular complexity index is 849. The molecule has 0 saturated carbocycles. The van der Waals surface area contributed by atoms with Gasteiger partial charge in [0.1, 0.15) is 0 Å². The Hall–Kier alpha value is -2.66. The van der Waals surface area contributed by atoms with Crippen molar-refractivity contribution in [2.24, 2.45) is 0 Å². The number of carbonyl (C=O) groups is 2. The van der Waals surface area contributed by atoms with E-state index in [9.17, 15) is 9.59 Å². The highest BCUT2D eigenvalue weighted by Gasteiger charge is 2.45. The van der Waals surface area contributed by atoms with Gasteiger partial charge in [-0.15, -0.1) is 0 Å². The second-order valence-electron chi connectivity index (χ2n) is 6.74. The van der Waals surface area contributed by atoms with Crippen LogP contribution in [0.1, 0.15) is 39.0 Å². The van der Waals surface area contributed by atoms with Crippen molar-refractivity contribution in [1.29, 1.82) is 0 Å². The number of rotatable bonds is 4. The highest BCUT2D eigenvalue weighted by molar-refractivity contribution is 6.01. The Morgan fingerprint density at radius 3 is 2.69 bits per heavy atom. The summed E-state index contributed by atoms with van der Waals surface area (Å²) in [4.78, 5) is 28.0. The number of benzene rings is 2. The third kappa shape index (κ3) is 2.69. The van der Waals surface area contributed by atoms with Crippen molar-refractivity contribution in [3.63, 3.8) is 0 Å². The summed E-state index contributed by atoms with van der Waals surface area (Å²) in [7, 11) is 1.61. The summed E-state index contributed by atoms with van der Waals surface area (Å²) in [6.45, 7) is 1.55. The van der Waals surface area contributed by atoms with Crippen LogP contribution in [0.4, 0.5) is 0 Å². The van der Waals surface area contributed by atoms with E-state index in [1.165, 1.54) is 5.56 Å². The summed E-state index contributed by atoms with van der Waals surface area (Å²) in [6, 6.07) is 15.4. The fraction of sp³-hybridized carbons (Fsp3) is 0.333. The van der Waals surface area contributed by atoms with Crippen LogP contribution in [0.2, 0.25) is 0 Å². The van der Waals surface area contributed by atoms with Gasteiger partial charge in [-0.3, -0.25) is 9.59 Å². The van der Waals surface area contributed by atoms with Crippen LogP contribution in [0.5, 0.6) is 0 Å². The molecule has 0 saturated heterocycles. The minimum atomic E-state index is -0.415. The van der Waals surface area contributed by atoms with Crippen molar-refractivity contribution < 1.29 is 14.3 Å². The zero-order valence-electron chi connectivity index (χ0n) is 14.8. The second kappa shape index (κ2) is 6.92. The van der Waals surface area contributed by atoms with Gasteiger partial charge in [0, 0.05) is 25.8 Å². The van der Waals surface area contributed by atoms with Gasteiger partial charge >= 0.3 is 0 Å². The smallest absolute Gasteiger partial charge is 0.254 e. The molecule has 2 amide bonds. The molecule has 134 valence electrons. The molecule has 2 aliphatic heterocycles. The van der Waals surface area contributed by atoms with Crippen LogP contribution in [-0.2, 0) is 16.0 Å². The van der Waals surface area contributed by atoms with Crippen LogP contribution in [0.3, 0.4) is 0 Å². The molecule has 2 heterocycles. The first-order valence-corrected chi connectivity index (χ1v) is 8.96. The third-order valence-corrected chi connectivity index (χ3v) is 5.32. The first-order valence-electron chi connectivity index (χ1n) is 8.96. The van der Waals surface area contributed by atoms with Crippen LogP contribution < -0.4 is 5.32 Å². The van der Waals surface area contributed by atoms with Gasteiger partial charge in [-0.05, 0) is 29.2 Å². The molecule has 0 radical (unpaired) electrons. The van der Waals surface area contributed by atoms with Crippen molar-refractivity contribution in [2.45, 2.75) is 18.4 Å². The Morgan fingerprint density at radius 1 is 1.15 bits per heavy atom. The highest BCUT2D eigenvalue weighted by atomic mass is 16.5. The zero-order chi connectivity index (χ0) is 18.1. The Morgan fingerprint density at radius 2 is 1.88 bits per heavy atom. The molecule has 2 aliphatic rings. The third-order valence-electron chi connectivity index (χ3n) is 5.32. The second-order valence-corrected chi connectivity index (χ2v) is 6.74. The minimum absolute atomic E-state index is 0.0149. The van der Waals surface area contributed by atoms with Gasteiger partial charge in [0.05, 0.1) is 18.6 Å². The molecule has 0 fully saturated rings. The molecule has 5 heteroatoms. The monoisotopic (exact) mass is 350 g/mol. The molecule has 4 rings (SSSR count). The molecule has 2 aromatic rings. The first-order chi connectivity index (χ1) is 12.7. The molecule has 5 nitrogen and oxygen atoms in total. The maximum absolute atomic E-state index is 13.1. The number of nitrogens with zero attached hydrogens (tertiary/aromatic N) is 1. The first kappa shape index (κ1) is 16.8. The number of amides is 2. The summed E-state index contributed by atoms with van der Waals surface area (Å²) in [5, 5.41) is 2.97. The van der Waals surface area contributed by atoms with Crippen LogP contribution in [0.25, 0.3) is 0 Å². The molecule has 0 bridgehead atoms. The highest BCUT2D eigenvalue weighted by Crippen LogP contribution is 2.45. The topological polar surface area (TPSA) is 58.6 Å². The summed E-state index contributed by atoms with van der Waals surface area (Å²) in [5.41, 5.74) is 3.74. The molecular formula is C21H22N2O3. The Labute approximate surface area is 153 Å². The maximum Gasteiger partial charge on any atom is 0.254 e. The van der Waals surface area contributed by atoms with E-state index in [0.717, 1.165) is 17.5 Å². The summed E-state index contributed by atoms with van der Waals surface area (Å²) in [5.74, 6) is -0.461. The van der Waals surface area contributed by atoms with Crippen molar-refractivity contribution in [1.82, 2.24) is 10.2 Å². The fourth-order valence-electron chi connectivity index (χ4n) is 4.14. The number of ether oxygens (including phenoxy) is 1. The number of hydrogen-bond acceptors (Lipinski definition) is 3. The van der Waals surface area contributed by atoms with Gasteiger partial charge in [-0.2, -0.15) is 0 Å². The lowest BCUT2D eigenvalue weighted by Crippen LogP contribution is -2.50. The lowest BCUT2D eigenvalue weighted by atomic mass is 9.76. The van der Waals surface area contributed by atoms with Gasteiger partial charge < -0.3 is 15.0 Å². The van der Waals surface area contributed by atoms with Gasteiger partial charge in [0.15, 0.2) is 0 Å². The fourth-order valence-corrected chi connectivity index (χ4v) is 4.14. The Kier molecular flexibility index (Phi) is 4.47. The van der Waals surface area contributed by atoms with Crippen LogP contribution in [-0.4, -0.2) is 43.5 Å². The van der Waals surface area contributed by atoms with E-state index in [-0.39, 0.29) is 17.9 Å². The summed E-state index contributed by atoms with van der Waals surface area (Å²) < 4.78 is 5.05. The van der Waals surface area contributed by atoms with Gasteiger partial charge in [0.2, 0.25) is 5.91 Å². The molecule has 0 spiro atoms. The number of fused-ring (bicyclic) bond motifs is 4. The molecule has 0 aliphatic carbocycles. The number of carbonyl (C=O) groups excluding carboxylic acids is 2. The van der Waals surface area contributed by atoms with E-state index in [0.29, 0.717) is 25.3 Å². The molecular weight excluding hydrogens is 328 g/mol. The molecule has 26 heavy (non-hydrogen) atoms. The molecule has 2 aromatic carbocycles. The SMILES string of the molecule is COCCNC(=O)C1c2ccccc2C(=O)N2CCc3ccccc3C12. The van der Waals surface area contributed by atoms with Crippen molar-refractivity contribution >= 4 is 11.8 Å². The van der Waals surface area contributed by atoms with Crippen LogP contribution in [0.15, 0.2) is 48.5 Å². The van der Waals surface area contributed by atoms with Crippen LogP contribution >= 0.6 is 0 Å². The molecule has 0 aromatic heterocycles. The number of hydrogen-bond donors (Lipinski definition) is 1. The van der Waals surface area contributed by atoms with Gasteiger partial charge in [0.25, 0.3) is 5.91 Å². The zero-order valence-corrected chi connectivity index (χ0v) is 14.8. The van der Waals surface area contributed by atoms with Crippen LogP contribution in [0, 0.1) is 0 Å².